The van der Waals surface area contributed by atoms with Crippen LogP contribution < -0.4 is 10.5 Å². The molecule has 0 atom stereocenters. The predicted octanol–water partition coefficient (Wildman–Crippen LogP) is 2.99. The second kappa shape index (κ2) is 4.85. The van der Waals surface area contributed by atoms with Crippen LogP contribution in [-0.4, -0.2) is 21.1 Å². The highest BCUT2D eigenvalue weighted by molar-refractivity contribution is 5.97. The summed E-state index contributed by atoms with van der Waals surface area (Å²) < 4.78 is 5.86. The summed E-state index contributed by atoms with van der Waals surface area (Å²) in [7, 11) is 0. The van der Waals surface area contributed by atoms with Crippen LogP contribution in [-0.2, 0) is 0 Å². The highest BCUT2D eigenvalue weighted by Crippen LogP contribution is 2.34. The zero-order valence-electron chi connectivity index (χ0n) is 11.4. The van der Waals surface area contributed by atoms with Crippen LogP contribution in [0.3, 0.4) is 0 Å². The van der Waals surface area contributed by atoms with Gasteiger partial charge in [0.15, 0.2) is 0 Å². The van der Waals surface area contributed by atoms with Gasteiger partial charge in [-0.25, -0.2) is 9.97 Å². The van der Waals surface area contributed by atoms with Gasteiger partial charge in [0.1, 0.15) is 17.2 Å². The summed E-state index contributed by atoms with van der Waals surface area (Å²) in [4.78, 5) is 11.8. The molecule has 0 aliphatic rings. The van der Waals surface area contributed by atoms with Gasteiger partial charge in [0.25, 0.3) is 0 Å². The Kier molecular flexibility index (Phi) is 3.02. The molecule has 0 spiro atoms. The number of aromatic amines is 1. The number of nitrogens with one attached hydrogen (secondary N) is 1. The molecule has 0 aliphatic heterocycles. The van der Waals surface area contributed by atoms with Crippen LogP contribution in [0, 0.1) is 0 Å². The van der Waals surface area contributed by atoms with E-state index in [0.717, 1.165) is 28.0 Å². The van der Waals surface area contributed by atoms with Crippen LogP contribution in [0.5, 0.6) is 5.75 Å². The lowest BCUT2D eigenvalue weighted by Gasteiger charge is -2.11. The summed E-state index contributed by atoms with van der Waals surface area (Å²) >= 11 is 0. The van der Waals surface area contributed by atoms with Gasteiger partial charge in [0.05, 0.1) is 17.2 Å². The second-order valence-electron chi connectivity index (χ2n) is 4.85. The molecule has 3 N–H and O–H groups in total. The maximum absolute atomic E-state index is 5.86. The Morgan fingerprint density at radius 2 is 2.10 bits per heavy atom. The number of anilines is 1. The zero-order valence-corrected chi connectivity index (χ0v) is 11.4. The molecular formula is C15H16N4O. The van der Waals surface area contributed by atoms with Crippen LogP contribution in [0.2, 0.25) is 0 Å². The van der Waals surface area contributed by atoms with E-state index in [-0.39, 0.29) is 6.10 Å². The monoisotopic (exact) mass is 268 g/mol. The summed E-state index contributed by atoms with van der Waals surface area (Å²) in [6.07, 6.45) is 3.71. The number of pyridine rings is 2. The highest BCUT2D eigenvalue weighted by Gasteiger charge is 2.14. The van der Waals surface area contributed by atoms with Gasteiger partial charge in [-0.3, -0.25) is 0 Å². The fourth-order valence-corrected chi connectivity index (χ4v) is 2.18. The molecule has 102 valence electrons. The maximum atomic E-state index is 5.86. The molecule has 3 aromatic heterocycles. The Bertz CT molecular complexity index is 748. The predicted molar refractivity (Wildman–Crippen MR) is 79.5 cm³/mol. The first-order valence-electron chi connectivity index (χ1n) is 6.51. The Labute approximate surface area is 116 Å². The highest BCUT2D eigenvalue weighted by atomic mass is 16.5. The van der Waals surface area contributed by atoms with Crippen molar-refractivity contribution in [3.8, 4) is 17.0 Å². The Morgan fingerprint density at radius 1 is 1.25 bits per heavy atom. The zero-order chi connectivity index (χ0) is 14.1. The molecule has 0 radical (unpaired) electrons. The molecule has 0 aliphatic carbocycles. The standard InChI is InChI=1S/C15H16N4O/c1-9(2)20-12-6-7-17-15-14(12)10(8-18-15)11-4-3-5-13(16)19-11/h3-9H,1-2H3,(H2,16,19)(H,17,18). The number of nitrogens with two attached hydrogens (primary N) is 1. The van der Waals surface area contributed by atoms with Crippen molar-refractivity contribution in [2.45, 2.75) is 20.0 Å². The van der Waals surface area contributed by atoms with Crippen molar-refractivity contribution in [2.24, 2.45) is 0 Å². The molecule has 3 heterocycles. The Hall–Kier alpha value is -2.56. The minimum atomic E-state index is 0.0946. The molecule has 0 saturated carbocycles. The number of nitrogen functional groups attached to an aromatic ring is 1. The van der Waals surface area contributed by atoms with Crippen molar-refractivity contribution < 1.29 is 4.74 Å². The normalized spacial score (nSPS) is 11.2. The molecule has 5 nitrogen and oxygen atoms in total. The van der Waals surface area contributed by atoms with Gasteiger partial charge >= 0.3 is 0 Å². The van der Waals surface area contributed by atoms with Gasteiger partial charge in [0, 0.05) is 18.0 Å². The minimum Gasteiger partial charge on any atom is -0.490 e. The van der Waals surface area contributed by atoms with Crippen LogP contribution in [0.25, 0.3) is 22.3 Å². The largest absolute Gasteiger partial charge is 0.490 e. The van der Waals surface area contributed by atoms with Crippen molar-refractivity contribution in [3.05, 3.63) is 36.7 Å². The third kappa shape index (κ3) is 2.18. The van der Waals surface area contributed by atoms with Crippen molar-refractivity contribution in [1.29, 1.82) is 0 Å². The van der Waals surface area contributed by atoms with E-state index >= 15 is 0 Å². The van der Waals surface area contributed by atoms with E-state index < -0.39 is 0 Å². The Morgan fingerprint density at radius 3 is 2.85 bits per heavy atom. The lowest BCUT2D eigenvalue weighted by atomic mass is 10.1. The molecule has 0 aromatic carbocycles. The average molecular weight is 268 g/mol. The van der Waals surface area contributed by atoms with E-state index in [0.29, 0.717) is 5.82 Å². The minimum absolute atomic E-state index is 0.0946. The number of ether oxygens (including phenoxy) is 1. The molecule has 0 fully saturated rings. The van der Waals surface area contributed by atoms with Gasteiger partial charge in [-0.2, -0.15) is 0 Å². The number of hydrogen-bond acceptors (Lipinski definition) is 4. The number of rotatable bonds is 3. The molecule has 5 heteroatoms. The van der Waals surface area contributed by atoms with Gasteiger partial charge in [-0.1, -0.05) is 6.07 Å². The molecule has 20 heavy (non-hydrogen) atoms. The summed E-state index contributed by atoms with van der Waals surface area (Å²) in [6, 6.07) is 7.44. The van der Waals surface area contributed by atoms with E-state index in [2.05, 4.69) is 15.0 Å². The lowest BCUT2D eigenvalue weighted by Crippen LogP contribution is -2.06. The van der Waals surface area contributed by atoms with Gasteiger partial charge in [0.2, 0.25) is 0 Å². The smallest absolute Gasteiger partial charge is 0.141 e. The quantitative estimate of drug-likeness (QED) is 0.765. The lowest BCUT2D eigenvalue weighted by molar-refractivity contribution is 0.245. The Balaban J connectivity index is 2.21. The number of fused-ring (bicyclic) bond motifs is 1. The van der Waals surface area contributed by atoms with Gasteiger partial charge < -0.3 is 15.5 Å². The van der Waals surface area contributed by atoms with E-state index in [9.17, 15) is 0 Å². The number of nitrogens with zero attached hydrogens (tertiary/aromatic N) is 2. The molecule has 0 bridgehead atoms. The van der Waals surface area contributed by atoms with E-state index in [1.165, 1.54) is 0 Å². The van der Waals surface area contributed by atoms with Gasteiger partial charge in [-0.05, 0) is 32.0 Å². The van der Waals surface area contributed by atoms with Crippen molar-refractivity contribution in [2.75, 3.05) is 5.73 Å². The average Bonchev–Trinajstić information content (AvgIpc) is 2.83. The molecule has 3 aromatic rings. The van der Waals surface area contributed by atoms with E-state index in [1.807, 2.05) is 38.2 Å². The number of aromatic nitrogens is 3. The summed E-state index contributed by atoms with van der Waals surface area (Å²) in [6.45, 7) is 3.99. The number of hydrogen-bond donors (Lipinski definition) is 2. The van der Waals surface area contributed by atoms with Gasteiger partial charge in [-0.15, -0.1) is 0 Å². The van der Waals surface area contributed by atoms with Crippen LogP contribution in [0.1, 0.15) is 13.8 Å². The molecule has 0 saturated heterocycles. The molecule has 3 rings (SSSR count). The van der Waals surface area contributed by atoms with Crippen LogP contribution in [0.4, 0.5) is 5.82 Å². The molecule has 0 unspecified atom stereocenters. The van der Waals surface area contributed by atoms with E-state index in [1.54, 1.807) is 12.3 Å². The first-order chi connectivity index (χ1) is 9.65. The molecular weight excluding hydrogens is 252 g/mol. The molecule has 0 amide bonds. The SMILES string of the molecule is CC(C)Oc1ccnc2[nH]cc(-c3cccc(N)n3)c12. The first-order valence-corrected chi connectivity index (χ1v) is 6.51. The van der Waals surface area contributed by atoms with Crippen LogP contribution in [0.15, 0.2) is 36.7 Å². The summed E-state index contributed by atoms with van der Waals surface area (Å²) in [5.41, 5.74) is 8.28. The topological polar surface area (TPSA) is 76.8 Å². The second-order valence-corrected chi connectivity index (χ2v) is 4.85. The summed E-state index contributed by atoms with van der Waals surface area (Å²) in [5, 5.41) is 0.930. The van der Waals surface area contributed by atoms with Crippen molar-refractivity contribution in [3.63, 3.8) is 0 Å². The maximum Gasteiger partial charge on any atom is 0.141 e. The summed E-state index contributed by atoms with van der Waals surface area (Å²) in [5.74, 6) is 1.29. The fourth-order valence-electron chi connectivity index (χ4n) is 2.18. The van der Waals surface area contributed by atoms with Crippen LogP contribution >= 0.6 is 0 Å². The van der Waals surface area contributed by atoms with E-state index in [4.69, 9.17) is 10.5 Å². The fraction of sp³-hybridized carbons (Fsp3) is 0.200. The van der Waals surface area contributed by atoms with Crippen molar-refractivity contribution in [1.82, 2.24) is 15.0 Å². The first kappa shape index (κ1) is 12.5. The third-order valence-corrected chi connectivity index (χ3v) is 2.94. The van der Waals surface area contributed by atoms with Crippen molar-refractivity contribution >= 4 is 16.9 Å². The third-order valence-electron chi connectivity index (χ3n) is 2.94. The number of H-pyrrole nitrogens is 1.